The van der Waals surface area contributed by atoms with Crippen molar-refractivity contribution in [2.24, 2.45) is 0 Å². The minimum absolute atomic E-state index is 0.192. The highest BCUT2D eigenvalue weighted by Crippen LogP contribution is 2.06. The smallest absolute Gasteiger partial charge is 0.407 e. The largest absolute Gasteiger partial charge is 0.444 e. The lowest BCUT2D eigenvalue weighted by atomic mass is 10.1. The van der Waals surface area contributed by atoms with E-state index in [4.69, 9.17) is 4.74 Å². The second-order valence-electron chi connectivity index (χ2n) is 5.95. The van der Waals surface area contributed by atoms with Gasteiger partial charge >= 0.3 is 6.09 Å². The van der Waals surface area contributed by atoms with Gasteiger partial charge in [0.05, 0.1) is 5.69 Å². The summed E-state index contributed by atoms with van der Waals surface area (Å²) in [7, 11) is 0. The average Bonchev–Trinajstić information content (AvgIpc) is 2.41. The van der Waals surface area contributed by atoms with Gasteiger partial charge in [-0.25, -0.2) is 14.8 Å². The first kappa shape index (κ1) is 17.4. The number of carbonyl (C=O) groups is 1. The van der Waals surface area contributed by atoms with Crippen LogP contribution in [0.5, 0.6) is 0 Å². The molecule has 0 saturated heterocycles. The molecule has 1 amide bonds. The average molecular weight is 294 g/mol. The Bertz CT molecular complexity index is 417. The molecule has 21 heavy (non-hydrogen) atoms. The van der Waals surface area contributed by atoms with Gasteiger partial charge in [0.15, 0.2) is 0 Å². The third-order valence-corrected chi connectivity index (χ3v) is 2.74. The summed E-state index contributed by atoms with van der Waals surface area (Å²) in [5, 5.41) is 6.20. The zero-order valence-corrected chi connectivity index (χ0v) is 13.3. The van der Waals surface area contributed by atoms with Crippen LogP contribution in [0.25, 0.3) is 0 Å². The van der Waals surface area contributed by atoms with Crippen LogP contribution in [0.3, 0.4) is 0 Å². The topological polar surface area (TPSA) is 76.1 Å². The Morgan fingerprint density at radius 2 is 2.19 bits per heavy atom. The fourth-order valence-corrected chi connectivity index (χ4v) is 1.82. The monoisotopic (exact) mass is 294 g/mol. The van der Waals surface area contributed by atoms with Crippen molar-refractivity contribution in [3.63, 3.8) is 0 Å². The van der Waals surface area contributed by atoms with Crippen molar-refractivity contribution in [2.45, 2.75) is 58.7 Å². The van der Waals surface area contributed by atoms with Gasteiger partial charge in [0.1, 0.15) is 11.9 Å². The Kier molecular flexibility index (Phi) is 7.08. The van der Waals surface area contributed by atoms with Gasteiger partial charge in [0.2, 0.25) is 0 Å². The van der Waals surface area contributed by atoms with E-state index in [1.54, 1.807) is 6.20 Å². The number of hydrogen-bond acceptors (Lipinski definition) is 5. The molecule has 1 rings (SSSR count). The fourth-order valence-electron chi connectivity index (χ4n) is 1.82. The molecule has 0 aliphatic rings. The molecular weight excluding hydrogens is 268 g/mol. The third-order valence-electron chi connectivity index (χ3n) is 2.74. The van der Waals surface area contributed by atoms with Gasteiger partial charge in [0, 0.05) is 25.3 Å². The van der Waals surface area contributed by atoms with Gasteiger partial charge in [-0.05, 0) is 33.3 Å². The number of carbonyl (C=O) groups excluding carboxylic acids is 1. The number of nitrogens with one attached hydrogen (secondary N) is 2. The fraction of sp³-hybridized carbons (Fsp3) is 0.667. The van der Waals surface area contributed by atoms with Crippen LogP contribution in [-0.2, 0) is 11.3 Å². The Balaban J connectivity index is 2.37. The second-order valence-corrected chi connectivity index (χ2v) is 5.95. The summed E-state index contributed by atoms with van der Waals surface area (Å²) in [6.45, 7) is 8.86. The van der Waals surface area contributed by atoms with Crippen molar-refractivity contribution < 1.29 is 9.53 Å². The van der Waals surface area contributed by atoms with E-state index in [2.05, 4.69) is 27.5 Å². The summed E-state index contributed by atoms with van der Waals surface area (Å²) in [5.74, 6) is 0. The Labute approximate surface area is 126 Å². The highest BCUT2D eigenvalue weighted by molar-refractivity contribution is 5.67. The van der Waals surface area contributed by atoms with E-state index in [-0.39, 0.29) is 12.1 Å². The van der Waals surface area contributed by atoms with Crippen molar-refractivity contribution in [3.05, 3.63) is 24.3 Å². The van der Waals surface area contributed by atoms with Crippen LogP contribution < -0.4 is 10.6 Å². The molecule has 1 atom stereocenters. The number of ether oxygens (including phenoxy) is 1. The molecule has 0 aliphatic carbocycles. The van der Waals surface area contributed by atoms with Crippen molar-refractivity contribution in [1.29, 1.82) is 0 Å². The molecule has 0 aromatic carbocycles. The molecule has 0 radical (unpaired) electrons. The predicted molar refractivity (Wildman–Crippen MR) is 81.8 cm³/mol. The van der Waals surface area contributed by atoms with E-state index in [0.717, 1.165) is 18.5 Å². The number of alkyl carbamates (subject to hydrolysis) is 1. The molecule has 2 N–H and O–H groups in total. The molecule has 0 bridgehead atoms. The summed E-state index contributed by atoms with van der Waals surface area (Å²) in [4.78, 5) is 19.7. The number of amides is 1. The first-order valence-electron chi connectivity index (χ1n) is 7.36. The lowest BCUT2D eigenvalue weighted by Crippen LogP contribution is -2.42. The van der Waals surface area contributed by atoms with E-state index < -0.39 is 5.60 Å². The summed E-state index contributed by atoms with van der Waals surface area (Å²) in [6.07, 6.45) is 4.88. The zero-order chi connectivity index (χ0) is 15.7. The van der Waals surface area contributed by atoms with Crippen LogP contribution in [0.2, 0.25) is 0 Å². The van der Waals surface area contributed by atoms with Gasteiger partial charge in [-0.2, -0.15) is 0 Å². The van der Waals surface area contributed by atoms with E-state index in [1.807, 2.05) is 26.8 Å². The Morgan fingerprint density at radius 3 is 2.76 bits per heavy atom. The molecule has 0 aliphatic heterocycles. The lowest BCUT2D eigenvalue weighted by molar-refractivity contribution is 0.0521. The van der Waals surface area contributed by atoms with Crippen molar-refractivity contribution in [3.8, 4) is 0 Å². The maximum Gasteiger partial charge on any atom is 0.407 e. The van der Waals surface area contributed by atoms with Crippen LogP contribution in [-0.4, -0.2) is 34.2 Å². The molecule has 0 fully saturated rings. The van der Waals surface area contributed by atoms with Crippen molar-refractivity contribution >= 4 is 6.09 Å². The Hall–Kier alpha value is -1.69. The van der Waals surface area contributed by atoms with Crippen molar-refractivity contribution in [1.82, 2.24) is 20.6 Å². The van der Waals surface area contributed by atoms with E-state index in [1.165, 1.54) is 6.33 Å². The molecule has 1 unspecified atom stereocenters. The van der Waals surface area contributed by atoms with Crippen LogP contribution >= 0.6 is 0 Å². The molecule has 6 heteroatoms. The Morgan fingerprint density at radius 1 is 1.43 bits per heavy atom. The number of aromatic nitrogens is 2. The van der Waals surface area contributed by atoms with Gasteiger partial charge in [-0.3, -0.25) is 0 Å². The molecule has 6 nitrogen and oxygen atoms in total. The number of hydrogen-bond donors (Lipinski definition) is 2. The summed E-state index contributed by atoms with van der Waals surface area (Å²) in [6, 6.07) is 2.06. The first-order chi connectivity index (χ1) is 9.90. The maximum absolute atomic E-state index is 11.7. The quantitative estimate of drug-likeness (QED) is 0.806. The predicted octanol–water partition coefficient (Wildman–Crippen LogP) is 2.26. The van der Waals surface area contributed by atoms with Crippen molar-refractivity contribution in [2.75, 3.05) is 6.54 Å². The zero-order valence-electron chi connectivity index (χ0n) is 13.3. The van der Waals surface area contributed by atoms with Gasteiger partial charge in [-0.15, -0.1) is 0 Å². The second kappa shape index (κ2) is 8.56. The van der Waals surface area contributed by atoms with Crippen LogP contribution in [0.4, 0.5) is 4.79 Å². The normalized spacial score (nSPS) is 12.8. The molecular formula is C15H26N4O2. The van der Waals surface area contributed by atoms with Crippen LogP contribution in [0.1, 0.15) is 46.2 Å². The molecule has 1 aromatic heterocycles. The van der Waals surface area contributed by atoms with Crippen LogP contribution in [0, 0.1) is 0 Å². The SMILES string of the molecule is CCCC(CNC(=O)OC(C)(C)C)NCc1ccncn1. The molecule has 0 saturated carbocycles. The standard InChI is InChI=1S/C15H26N4O2/c1-5-6-12(10-18-14(20)21-15(2,3)4)17-9-13-7-8-16-11-19-13/h7-8,11-12,17H,5-6,9-10H2,1-4H3,(H,18,20). The van der Waals surface area contributed by atoms with Gasteiger partial charge < -0.3 is 15.4 Å². The van der Waals surface area contributed by atoms with E-state index in [0.29, 0.717) is 13.1 Å². The lowest BCUT2D eigenvalue weighted by Gasteiger charge is -2.22. The highest BCUT2D eigenvalue weighted by atomic mass is 16.6. The minimum Gasteiger partial charge on any atom is -0.444 e. The van der Waals surface area contributed by atoms with E-state index in [9.17, 15) is 4.79 Å². The van der Waals surface area contributed by atoms with Crippen LogP contribution in [0.15, 0.2) is 18.6 Å². The molecule has 1 aromatic rings. The maximum atomic E-state index is 11.7. The molecule has 0 spiro atoms. The highest BCUT2D eigenvalue weighted by Gasteiger charge is 2.17. The third kappa shape index (κ3) is 8.24. The number of nitrogens with zero attached hydrogens (tertiary/aromatic N) is 2. The summed E-state index contributed by atoms with van der Waals surface area (Å²) in [5.41, 5.74) is 0.460. The summed E-state index contributed by atoms with van der Waals surface area (Å²) < 4.78 is 5.23. The van der Waals surface area contributed by atoms with E-state index >= 15 is 0 Å². The summed E-state index contributed by atoms with van der Waals surface area (Å²) >= 11 is 0. The minimum atomic E-state index is -0.473. The number of rotatable bonds is 7. The molecule has 118 valence electrons. The van der Waals surface area contributed by atoms with Gasteiger partial charge in [0.25, 0.3) is 0 Å². The molecule has 1 heterocycles. The van der Waals surface area contributed by atoms with Gasteiger partial charge in [-0.1, -0.05) is 13.3 Å². The first-order valence-corrected chi connectivity index (χ1v) is 7.36.